The molecule has 1 fully saturated rings. The van der Waals surface area contributed by atoms with Crippen LogP contribution >= 0.6 is 0 Å². The largest absolute Gasteiger partial charge is 0.508 e. The van der Waals surface area contributed by atoms with Crippen molar-refractivity contribution in [2.24, 2.45) is 0 Å². The van der Waals surface area contributed by atoms with Crippen LogP contribution in [0, 0.1) is 0 Å². The summed E-state index contributed by atoms with van der Waals surface area (Å²) in [4.78, 5) is 16.9. The number of amides is 1. The zero-order valence-corrected chi connectivity index (χ0v) is 13.9. The van der Waals surface area contributed by atoms with Crippen molar-refractivity contribution >= 4 is 17.3 Å². The fraction of sp³-hybridized carbons (Fsp3) is 0.316. The molecule has 1 heterocycles. The fourth-order valence-electron chi connectivity index (χ4n) is 2.96. The molecule has 1 aliphatic rings. The van der Waals surface area contributed by atoms with Crippen LogP contribution in [0.3, 0.4) is 0 Å². The van der Waals surface area contributed by atoms with E-state index >= 15 is 0 Å². The Morgan fingerprint density at radius 3 is 2.25 bits per heavy atom. The second kappa shape index (κ2) is 7.36. The van der Waals surface area contributed by atoms with Crippen molar-refractivity contribution in [3.05, 3.63) is 54.6 Å². The molecule has 0 unspecified atom stereocenters. The van der Waals surface area contributed by atoms with Gasteiger partial charge in [-0.1, -0.05) is 18.2 Å². The molecule has 1 atom stereocenters. The Labute approximate surface area is 142 Å². The van der Waals surface area contributed by atoms with E-state index in [4.69, 9.17) is 0 Å². The highest BCUT2D eigenvalue weighted by Crippen LogP contribution is 2.20. The monoisotopic (exact) mass is 325 g/mol. The lowest BCUT2D eigenvalue weighted by atomic mass is 10.2. The molecule has 0 aliphatic carbocycles. The lowest BCUT2D eigenvalue weighted by Crippen LogP contribution is -2.52. The summed E-state index contributed by atoms with van der Waals surface area (Å²) in [5.41, 5.74) is 1.94. The minimum absolute atomic E-state index is 0.0271. The van der Waals surface area contributed by atoms with Gasteiger partial charge in [-0.2, -0.15) is 0 Å². The molecule has 3 rings (SSSR count). The van der Waals surface area contributed by atoms with Gasteiger partial charge in [-0.15, -0.1) is 0 Å². The van der Waals surface area contributed by atoms with Crippen LogP contribution in [-0.2, 0) is 4.79 Å². The minimum atomic E-state index is -0.160. The van der Waals surface area contributed by atoms with Gasteiger partial charge in [0.15, 0.2) is 0 Å². The van der Waals surface area contributed by atoms with Gasteiger partial charge in [0.2, 0.25) is 5.91 Å². The summed E-state index contributed by atoms with van der Waals surface area (Å²) in [7, 11) is 0. The van der Waals surface area contributed by atoms with Crippen molar-refractivity contribution in [2.45, 2.75) is 13.0 Å². The first-order valence-electron chi connectivity index (χ1n) is 8.27. The molecular weight excluding hydrogens is 302 g/mol. The maximum atomic E-state index is 12.4. The number of carbonyl (C=O) groups excluding carboxylic acids is 1. The second-order valence-corrected chi connectivity index (χ2v) is 6.07. The quantitative estimate of drug-likeness (QED) is 0.907. The normalized spacial score (nSPS) is 16.6. The molecule has 1 amide bonds. The summed E-state index contributed by atoms with van der Waals surface area (Å²) < 4.78 is 0. The van der Waals surface area contributed by atoms with E-state index in [2.05, 4.69) is 15.1 Å². The first kappa shape index (κ1) is 16.3. The Morgan fingerprint density at radius 1 is 1.00 bits per heavy atom. The average molecular weight is 325 g/mol. The van der Waals surface area contributed by atoms with Crippen LogP contribution in [0.15, 0.2) is 54.6 Å². The number of nitrogens with one attached hydrogen (secondary N) is 1. The molecule has 0 radical (unpaired) electrons. The number of carbonyl (C=O) groups is 1. The molecule has 2 N–H and O–H groups in total. The predicted octanol–water partition coefficient (Wildman–Crippen LogP) is 2.54. The van der Waals surface area contributed by atoms with Gasteiger partial charge in [-0.3, -0.25) is 9.69 Å². The number of para-hydroxylation sites is 1. The molecule has 1 saturated heterocycles. The van der Waals surface area contributed by atoms with Gasteiger partial charge >= 0.3 is 0 Å². The van der Waals surface area contributed by atoms with E-state index in [1.807, 2.05) is 49.4 Å². The summed E-state index contributed by atoms with van der Waals surface area (Å²) in [5.74, 6) is 0.308. The zero-order valence-electron chi connectivity index (χ0n) is 13.9. The van der Waals surface area contributed by atoms with E-state index < -0.39 is 0 Å². The molecule has 5 nitrogen and oxygen atoms in total. The van der Waals surface area contributed by atoms with Crippen molar-refractivity contribution in [2.75, 3.05) is 36.4 Å². The van der Waals surface area contributed by atoms with Crippen molar-refractivity contribution in [3.8, 4) is 5.75 Å². The number of hydrogen-bond donors (Lipinski definition) is 2. The van der Waals surface area contributed by atoms with Crippen LogP contribution in [-0.4, -0.2) is 48.1 Å². The summed E-state index contributed by atoms with van der Waals surface area (Å²) in [6.07, 6.45) is 0. The van der Waals surface area contributed by atoms with Gasteiger partial charge in [-0.25, -0.2) is 0 Å². The highest BCUT2D eigenvalue weighted by Gasteiger charge is 2.25. The molecule has 0 spiro atoms. The van der Waals surface area contributed by atoms with E-state index in [9.17, 15) is 9.90 Å². The van der Waals surface area contributed by atoms with Crippen molar-refractivity contribution in [3.63, 3.8) is 0 Å². The minimum Gasteiger partial charge on any atom is -0.508 e. The molecular formula is C19H23N3O2. The second-order valence-electron chi connectivity index (χ2n) is 6.07. The molecule has 2 aromatic rings. The smallest absolute Gasteiger partial charge is 0.241 e. The highest BCUT2D eigenvalue weighted by molar-refractivity contribution is 5.94. The number of aromatic hydroxyl groups is 1. The summed E-state index contributed by atoms with van der Waals surface area (Å²) >= 11 is 0. The third-order valence-electron chi connectivity index (χ3n) is 4.50. The van der Waals surface area contributed by atoms with E-state index in [1.165, 1.54) is 0 Å². The molecule has 5 heteroatoms. The van der Waals surface area contributed by atoms with E-state index in [-0.39, 0.29) is 17.7 Å². The molecule has 1 aliphatic heterocycles. The first-order chi connectivity index (χ1) is 11.6. The van der Waals surface area contributed by atoms with Gasteiger partial charge in [-0.05, 0) is 43.3 Å². The van der Waals surface area contributed by atoms with Crippen LogP contribution in [0.1, 0.15) is 6.92 Å². The third-order valence-corrected chi connectivity index (χ3v) is 4.50. The number of rotatable bonds is 4. The van der Waals surface area contributed by atoms with Crippen molar-refractivity contribution in [1.29, 1.82) is 0 Å². The maximum Gasteiger partial charge on any atom is 0.241 e. The summed E-state index contributed by atoms with van der Waals surface area (Å²) in [6, 6.07) is 16.7. The van der Waals surface area contributed by atoms with Crippen molar-refractivity contribution < 1.29 is 9.90 Å². The van der Waals surface area contributed by atoms with Gasteiger partial charge in [0.05, 0.1) is 6.04 Å². The molecule has 2 aromatic carbocycles. The Kier molecular flexibility index (Phi) is 5.01. The molecule has 0 saturated carbocycles. The van der Waals surface area contributed by atoms with Gasteiger partial charge in [0.25, 0.3) is 0 Å². The van der Waals surface area contributed by atoms with Crippen LogP contribution in [0.25, 0.3) is 0 Å². The molecule has 24 heavy (non-hydrogen) atoms. The molecule has 126 valence electrons. The van der Waals surface area contributed by atoms with Crippen LogP contribution < -0.4 is 10.2 Å². The van der Waals surface area contributed by atoms with Crippen LogP contribution in [0.4, 0.5) is 11.4 Å². The maximum absolute atomic E-state index is 12.4. The van der Waals surface area contributed by atoms with Crippen LogP contribution in [0.2, 0.25) is 0 Å². The third kappa shape index (κ3) is 3.86. The average Bonchev–Trinajstić information content (AvgIpc) is 2.63. The topological polar surface area (TPSA) is 55.8 Å². The Morgan fingerprint density at radius 2 is 1.62 bits per heavy atom. The van der Waals surface area contributed by atoms with Crippen molar-refractivity contribution in [1.82, 2.24) is 4.90 Å². The molecule has 0 aromatic heterocycles. The fourth-order valence-corrected chi connectivity index (χ4v) is 2.96. The van der Waals surface area contributed by atoms with E-state index in [1.54, 1.807) is 12.1 Å². The SMILES string of the molecule is C[C@H](C(=O)Nc1ccccc1)N1CCN(c2ccc(O)cc2)CC1. The Hall–Kier alpha value is -2.53. The standard InChI is InChI=1S/C19H23N3O2/c1-15(19(24)20-16-5-3-2-4-6-16)21-11-13-22(14-12-21)17-7-9-18(23)10-8-17/h2-10,15,23H,11-14H2,1H3,(H,20,24)/t15-/m1/s1. The summed E-state index contributed by atoms with van der Waals surface area (Å²) in [6.45, 7) is 5.37. The summed E-state index contributed by atoms with van der Waals surface area (Å²) in [5, 5.41) is 12.3. The van der Waals surface area contributed by atoms with Gasteiger partial charge in [0.1, 0.15) is 5.75 Å². The number of benzene rings is 2. The lowest BCUT2D eigenvalue weighted by Gasteiger charge is -2.38. The lowest BCUT2D eigenvalue weighted by molar-refractivity contribution is -0.120. The Bertz CT molecular complexity index is 665. The van der Waals surface area contributed by atoms with Gasteiger partial charge in [0, 0.05) is 37.6 Å². The number of anilines is 2. The molecule has 0 bridgehead atoms. The van der Waals surface area contributed by atoms with Crippen LogP contribution in [0.5, 0.6) is 5.75 Å². The number of piperazine rings is 1. The number of phenolic OH excluding ortho intramolecular Hbond substituents is 1. The predicted molar refractivity (Wildman–Crippen MR) is 96.4 cm³/mol. The number of hydrogen-bond acceptors (Lipinski definition) is 4. The highest BCUT2D eigenvalue weighted by atomic mass is 16.3. The number of phenols is 1. The zero-order chi connectivity index (χ0) is 16.9. The first-order valence-corrected chi connectivity index (χ1v) is 8.27. The van der Waals surface area contributed by atoms with Gasteiger partial charge < -0.3 is 15.3 Å². The van der Waals surface area contributed by atoms with E-state index in [0.717, 1.165) is 37.6 Å². The van der Waals surface area contributed by atoms with E-state index in [0.29, 0.717) is 0 Å². The number of nitrogens with zero attached hydrogens (tertiary/aromatic N) is 2. The Balaban J connectivity index is 1.54.